The Hall–Kier alpha value is -1.42. The molecule has 0 bridgehead atoms. The molecule has 0 aliphatic heterocycles. The van der Waals surface area contributed by atoms with Gasteiger partial charge in [-0.1, -0.05) is 13.0 Å². The third-order valence-corrected chi connectivity index (χ3v) is 2.78. The number of hydrogen-bond donors (Lipinski definition) is 2. The number of carbonyl (C=O) groups is 1. The fourth-order valence-corrected chi connectivity index (χ4v) is 1.47. The molecule has 3 atom stereocenters. The van der Waals surface area contributed by atoms with Crippen LogP contribution in [0.2, 0.25) is 0 Å². The van der Waals surface area contributed by atoms with Gasteiger partial charge >= 0.3 is 5.97 Å². The Morgan fingerprint density at radius 1 is 1.38 bits per heavy atom. The smallest absolute Gasteiger partial charge is 0.307 e. The second kappa shape index (κ2) is 5.61. The Labute approximate surface area is 95.7 Å². The fraction of sp³-hybridized carbons (Fsp3) is 0.500. The van der Waals surface area contributed by atoms with Crippen LogP contribution in [-0.2, 0) is 4.79 Å². The normalized spacial score (nSPS) is 16.4. The van der Waals surface area contributed by atoms with Crippen molar-refractivity contribution in [2.24, 2.45) is 5.92 Å². The van der Waals surface area contributed by atoms with Gasteiger partial charge in [0.15, 0.2) is 0 Å². The van der Waals surface area contributed by atoms with Crippen LogP contribution in [-0.4, -0.2) is 22.1 Å². The highest BCUT2D eigenvalue weighted by Crippen LogP contribution is 2.12. The van der Waals surface area contributed by atoms with Gasteiger partial charge < -0.3 is 10.4 Å². The molecule has 0 aliphatic carbocycles. The zero-order chi connectivity index (χ0) is 12.1. The van der Waals surface area contributed by atoms with Gasteiger partial charge in [-0.25, -0.2) is 0 Å². The minimum absolute atomic E-state index is 0.0537. The van der Waals surface area contributed by atoms with Crippen LogP contribution in [0.25, 0.3) is 0 Å². The highest BCUT2D eigenvalue weighted by molar-refractivity contribution is 5.70. The van der Waals surface area contributed by atoms with E-state index in [-0.39, 0.29) is 12.1 Å². The van der Waals surface area contributed by atoms with Crippen molar-refractivity contribution in [1.29, 1.82) is 0 Å². The lowest BCUT2D eigenvalue weighted by Crippen LogP contribution is -2.37. The summed E-state index contributed by atoms with van der Waals surface area (Å²) in [6.07, 6.45) is 1.73. The van der Waals surface area contributed by atoms with E-state index in [9.17, 15) is 4.79 Å². The standard InChI is InChI=1S/C12H18N2O2/c1-8(12(15)16)9(2)14-10(3)11-6-4-5-7-13-11/h4-10,14H,1-3H3,(H,15,16)/t8?,9?,10-/m0/s1. The maximum absolute atomic E-state index is 10.8. The van der Waals surface area contributed by atoms with Crippen LogP contribution in [0.4, 0.5) is 0 Å². The van der Waals surface area contributed by atoms with Crippen molar-refractivity contribution in [3.05, 3.63) is 30.1 Å². The van der Waals surface area contributed by atoms with E-state index >= 15 is 0 Å². The van der Waals surface area contributed by atoms with E-state index in [1.807, 2.05) is 32.0 Å². The van der Waals surface area contributed by atoms with E-state index in [0.29, 0.717) is 0 Å². The number of aromatic nitrogens is 1. The summed E-state index contributed by atoms with van der Waals surface area (Å²) in [5.74, 6) is -1.20. The molecule has 0 fully saturated rings. The number of carboxylic acids is 1. The topological polar surface area (TPSA) is 62.2 Å². The highest BCUT2D eigenvalue weighted by Gasteiger charge is 2.21. The summed E-state index contributed by atoms with van der Waals surface area (Å²) >= 11 is 0. The van der Waals surface area contributed by atoms with E-state index in [1.54, 1.807) is 13.1 Å². The number of carboxylic acid groups (broad SMARTS) is 1. The Morgan fingerprint density at radius 2 is 2.06 bits per heavy atom. The first kappa shape index (κ1) is 12.6. The summed E-state index contributed by atoms with van der Waals surface area (Å²) in [5.41, 5.74) is 0.923. The molecule has 1 aromatic heterocycles. The molecule has 2 N–H and O–H groups in total. The monoisotopic (exact) mass is 222 g/mol. The van der Waals surface area contributed by atoms with Gasteiger partial charge in [0.05, 0.1) is 11.6 Å². The molecule has 0 saturated heterocycles. The minimum Gasteiger partial charge on any atom is -0.481 e. The molecular formula is C12H18N2O2. The van der Waals surface area contributed by atoms with Gasteiger partial charge in [-0.2, -0.15) is 0 Å². The summed E-state index contributed by atoms with van der Waals surface area (Å²) in [6, 6.07) is 5.67. The number of nitrogens with zero attached hydrogens (tertiary/aromatic N) is 1. The predicted octanol–water partition coefficient (Wildman–Crippen LogP) is 1.84. The summed E-state index contributed by atoms with van der Waals surface area (Å²) in [4.78, 5) is 15.0. The largest absolute Gasteiger partial charge is 0.481 e. The van der Waals surface area contributed by atoms with Crippen LogP contribution < -0.4 is 5.32 Å². The van der Waals surface area contributed by atoms with Gasteiger partial charge in [-0.3, -0.25) is 9.78 Å². The first-order chi connectivity index (χ1) is 7.52. The van der Waals surface area contributed by atoms with Crippen molar-refractivity contribution in [1.82, 2.24) is 10.3 Å². The van der Waals surface area contributed by atoms with Crippen molar-refractivity contribution in [2.45, 2.75) is 32.9 Å². The maximum atomic E-state index is 10.8. The average molecular weight is 222 g/mol. The fourth-order valence-electron chi connectivity index (χ4n) is 1.47. The van der Waals surface area contributed by atoms with Gasteiger partial charge in [-0.15, -0.1) is 0 Å². The van der Waals surface area contributed by atoms with Crippen LogP contribution in [0.1, 0.15) is 32.5 Å². The summed E-state index contributed by atoms with van der Waals surface area (Å²) in [7, 11) is 0. The quantitative estimate of drug-likeness (QED) is 0.798. The molecule has 0 aromatic carbocycles. The first-order valence-corrected chi connectivity index (χ1v) is 5.42. The van der Waals surface area contributed by atoms with Gasteiger partial charge in [0.1, 0.15) is 0 Å². The predicted molar refractivity (Wildman–Crippen MR) is 62.0 cm³/mol. The van der Waals surface area contributed by atoms with Gasteiger partial charge in [0, 0.05) is 18.3 Å². The Morgan fingerprint density at radius 3 is 2.56 bits per heavy atom. The number of rotatable bonds is 5. The molecule has 0 saturated carbocycles. The highest BCUT2D eigenvalue weighted by atomic mass is 16.4. The van der Waals surface area contributed by atoms with E-state index in [0.717, 1.165) is 5.69 Å². The maximum Gasteiger partial charge on any atom is 0.307 e. The van der Waals surface area contributed by atoms with Crippen molar-refractivity contribution in [2.75, 3.05) is 0 Å². The number of hydrogen-bond acceptors (Lipinski definition) is 3. The molecule has 16 heavy (non-hydrogen) atoms. The molecule has 4 heteroatoms. The Kier molecular flexibility index (Phi) is 4.43. The molecule has 1 heterocycles. The molecule has 0 aliphatic rings. The second-order valence-corrected chi connectivity index (χ2v) is 4.06. The van der Waals surface area contributed by atoms with Crippen molar-refractivity contribution in [3.8, 4) is 0 Å². The molecule has 2 unspecified atom stereocenters. The molecule has 0 spiro atoms. The third-order valence-electron chi connectivity index (χ3n) is 2.78. The molecule has 0 amide bonds. The molecule has 88 valence electrons. The molecule has 1 aromatic rings. The van der Waals surface area contributed by atoms with Crippen LogP contribution in [0.15, 0.2) is 24.4 Å². The lowest BCUT2D eigenvalue weighted by molar-refractivity contribution is -0.142. The van der Waals surface area contributed by atoms with Crippen molar-refractivity contribution >= 4 is 5.97 Å². The van der Waals surface area contributed by atoms with Crippen LogP contribution >= 0.6 is 0 Å². The van der Waals surface area contributed by atoms with E-state index in [4.69, 9.17) is 5.11 Å². The molecule has 0 radical (unpaired) electrons. The minimum atomic E-state index is -0.784. The van der Waals surface area contributed by atoms with Crippen LogP contribution in [0.3, 0.4) is 0 Å². The first-order valence-electron chi connectivity index (χ1n) is 5.42. The number of pyridine rings is 1. The number of nitrogens with one attached hydrogen (secondary N) is 1. The van der Waals surface area contributed by atoms with Gasteiger partial charge in [-0.05, 0) is 26.0 Å². The summed E-state index contributed by atoms with van der Waals surface area (Å²) < 4.78 is 0. The van der Waals surface area contributed by atoms with Gasteiger partial charge in [0.25, 0.3) is 0 Å². The summed E-state index contributed by atoms with van der Waals surface area (Å²) in [6.45, 7) is 5.55. The summed E-state index contributed by atoms with van der Waals surface area (Å²) in [5, 5.41) is 12.1. The SMILES string of the molecule is CC(N[C@@H](C)c1ccccn1)C(C)C(=O)O. The molecule has 1 rings (SSSR count). The third kappa shape index (κ3) is 3.31. The zero-order valence-corrected chi connectivity index (χ0v) is 9.84. The lowest BCUT2D eigenvalue weighted by atomic mass is 10.0. The van der Waals surface area contributed by atoms with Crippen molar-refractivity contribution < 1.29 is 9.90 Å². The molecular weight excluding hydrogens is 204 g/mol. The number of aliphatic carboxylic acids is 1. The van der Waals surface area contributed by atoms with E-state index in [1.165, 1.54) is 0 Å². The Balaban J connectivity index is 2.58. The van der Waals surface area contributed by atoms with Gasteiger partial charge in [0.2, 0.25) is 0 Å². The lowest BCUT2D eigenvalue weighted by Gasteiger charge is -2.22. The Bertz CT molecular complexity index is 340. The molecule has 4 nitrogen and oxygen atoms in total. The van der Waals surface area contributed by atoms with Crippen LogP contribution in [0, 0.1) is 5.92 Å². The van der Waals surface area contributed by atoms with Crippen molar-refractivity contribution in [3.63, 3.8) is 0 Å². The van der Waals surface area contributed by atoms with E-state index in [2.05, 4.69) is 10.3 Å². The average Bonchev–Trinajstić information content (AvgIpc) is 2.28. The second-order valence-electron chi connectivity index (χ2n) is 4.06. The zero-order valence-electron chi connectivity index (χ0n) is 9.84. The van der Waals surface area contributed by atoms with E-state index < -0.39 is 11.9 Å². The van der Waals surface area contributed by atoms with Crippen LogP contribution in [0.5, 0.6) is 0 Å².